The fourth-order valence-corrected chi connectivity index (χ4v) is 6.35. The second kappa shape index (κ2) is 10.9. The van der Waals surface area contributed by atoms with Crippen molar-refractivity contribution in [2.24, 2.45) is 16.3 Å². The van der Waals surface area contributed by atoms with Crippen molar-refractivity contribution in [2.75, 3.05) is 11.1 Å². The van der Waals surface area contributed by atoms with E-state index in [-0.39, 0.29) is 17.1 Å². The number of anilines is 1. The van der Waals surface area contributed by atoms with Crippen molar-refractivity contribution in [3.8, 4) is 6.07 Å². The van der Waals surface area contributed by atoms with E-state index in [1.54, 1.807) is 23.7 Å². The zero-order chi connectivity index (χ0) is 25.0. The average Bonchev–Trinajstić information content (AvgIpc) is 3.18. The van der Waals surface area contributed by atoms with E-state index in [4.69, 9.17) is 11.6 Å². The van der Waals surface area contributed by atoms with Gasteiger partial charge < -0.3 is 5.32 Å². The molecule has 0 saturated carbocycles. The molecule has 1 amide bonds. The van der Waals surface area contributed by atoms with E-state index < -0.39 is 0 Å². The Bertz CT molecular complexity index is 1300. The Morgan fingerprint density at radius 1 is 1.37 bits per heavy atom. The van der Waals surface area contributed by atoms with Gasteiger partial charge in [0.1, 0.15) is 16.2 Å². The van der Waals surface area contributed by atoms with Crippen molar-refractivity contribution >= 4 is 57.5 Å². The van der Waals surface area contributed by atoms with Crippen LogP contribution in [0.2, 0.25) is 5.15 Å². The molecule has 2 aromatic heterocycles. The number of carbonyl (C=O) groups excluding carboxylic acids is 1. The minimum absolute atomic E-state index is 0.117. The Morgan fingerprint density at radius 2 is 2.20 bits per heavy atom. The van der Waals surface area contributed by atoms with Gasteiger partial charge >= 0.3 is 0 Å². The lowest BCUT2D eigenvalue weighted by Gasteiger charge is -2.33. The maximum absolute atomic E-state index is 12.7. The number of aromatic nitrogens is 1. The molecule has 0 unspecified atom stereocenters. The quantitative estimate of drug-likeness (QED) is 0.209. The second-order valence-corrected chi connectivity index (χ2v) is 12.1. The van der Waals surface area contributed by atoms with Crippen LogP contribution in [0.1, 0.15) is 48.8 Å². The van der Waals surface area contributed by atoms with Gasteiger partial charge in [-0.25, -0.2) is 4.98 Å². The van der Waals surface area contributed by atoms with Crippen LogP contribution in [0.15, 0.2) is 52.5 Å². The lowest BCUT2D eigenvalue weighted by molar-refractivity contribution is -0.113. The number of carbonyl (C=O) groups is 1. The standard InChI is InChI=1S/C27H27ClN4OS2/c1-27(2,3)18-9-10-21-22(14-29)26(35-23(21)12-18)32-24(33)16-34-20-8-4-7-19(13-20)31-15-17-6-5-11-30-25(17)28/h4-8,11,13,15,18H,9-10,12,16H2,1-3H3,(H,32,33)/t18-/m0/s1. The highest BCUT2D eigenvalue weighted by molar-refractivity contribution is 8.00. The molecule has 0 bridgehead atoms. The van der Waals surface area contributed by atoms with Gasteiger partial charge in [0, 0.05) is 27.7 Å². The van der Waals surface area contributed by atoms with Gasteiger partial charge in [-0.1, -0.05) is 38.4 Å². The number of halogens is 1. The molecule has 0 radical (unpaired) electrons. The van der Waals surface area contributed by atoms with Crippen LogP contribution in [-0.4, -0.2) is 22.9 Å². The third kappa shape index (κ3) is 6.32. The molecule has 180 valence electrons. The molecule has 1 aliphatic carbocycles. The minimum Gasteiger partial charge on any atom is -0.316 e. The van der Waals surface area contributed by atoms with E-state index in [1.807, 2.05) is 36.4 Å². The number of hydrogen-bond donors (Lipinski definition) is 1. The van der Waals surface area contributed by atoms with Crippen LogP contribution in [-0.2, 0) is 17.6 Å². The molecular weight excluding hydrogens is 496 g/mol. The molecule has 1 atom stereocenters. The summed E-state index contributed by atoms with van der Waals surface area (Å²) in [5, 5.41) is 13.8. The number of aliphatic imine (C=N–C) groups is 1. The number of nitrogens with zero attached hydrogens (tertiary/aromatic N) is 3. The molecule has 1 aromatic carbocycles. The fourth-order valence-electron chi connectivity index (χ4n) is 4.14. The first-order valence-corrected chi connectivity index (χ1v) is 13.6. The zero-order valence-corrected chi connectivity index (χ0v) is 22.4. The lowest BCUT2D eigenvalue weighted by atomic mass is 9.72. The van der Waals surface area contributed by atoms with Gasteiger partial charge in [0.25, 0.3) is 0 Å². The highest BCUT2D eigenvalue weighted by Crippen LogP contribution is 2.44. The van der Waals surface area contributed by atoms with E-state index in [2.05, 4.69) is 42.1 Å². The first kappa shape index (κ1) is 25.4. The first-order chi connectivity index (χ1) is 16.7. The molecule has 1 aliphatic rings. The third-order valence-corrected chi connectivity index (χ3v) is 8.66. The van der Waals surface area contributed by atoms with Crippen LogP contribution in [0.5, 0.6) is 0 Å². The molecule has 35 heavy (non-hydrogen) atoms. The van der Waals surface area contributed by atoms with Crippen LogP contribution in [0, 0.1) is 22.7 Å². The topological polar surface area (TPSA) is 78.1 Å². The third-order valence-electron chi connectivity index (χ3n) is 6.18. The smallest absolute Gasteiger partial charge is 0.235 e. The number of amides is 1. The highest BCUT2D eigenvalue weighted by atomic mass is 35.5. The Hall–Kier alpha value is -2.66. The minimum atomic E-state index is -0.117. The number of thioether (sulfide) groups is 1. The summed E-state index contributed by atoms with van der Waals surface area (Å²) in [6, 6.07) is 13.7. The molecule has 4 rings (SSSR count). The monoisotopic (exact) mass is 522 g/mol. The molecule has 3 aromatic rings. The summed E-state index contributed by atoms with van der Waals surface area (Å²) in [6.07, 6.45) is 6.27. The summed E-state index contributed by atoms with van der Waals surface area (Å²) in [4.78, 5) is 23.4. The number of nitriles is 1. The molecule has 0 saturated heterocycles. The summed E-state index contributed by atoms with van der Waals surface area (Å²) >= 11 is 9.09. The molecule has 8 heteroatoms. The summed E-state index contributed by atoms with van der Waals surface area (Å²) in [5.41, 5.74) is 3.51. The second-order valence-electron chi connectivity index (χ2n) is 9.60. The van der Waals surface area contributed by atoms with E-state index in [9.17, 15) is 10.1 Å². The number of nitrogens with one attached hydrogen (secondary N) is 1. The SMILES string of the molecule is CC(C)(C)[C@H]1CCc2c(sc(NC(=O)CSc3cccc(N=Cc4cccnc4Cl)c3)c2C#N)C1. The number of hydrogen-bond acceptors (Lipinski definition) is 6. The van der Waals surface area contributed by atoms with Crippen molar-refractivity contribution in [1.82, 2.24) is 4.98 Å². The average molecular weight is 523 g/mol. The van der Waals surface area contributed by atoms with Crippen LogP contribution in [0.25, 0.3) is 0 Å². The number of benzene rings is 1. The predicted octanol–water partition coefficient (Wildman–Crippen LogP) is 7.30. The van der Waals surface area contributed by atoms with E-state index in [0.717, 1.165) is 41.0 Å². The number of fused-ring (bicyclic) bond motifs is 1. The summed E-state index contributed by atoms with van der Waals surface area (Å²) < 4.78 is 0. The van der Waals surface area contributed by atoms with Crippen molar-refractivity contribution in [3.05, 3.63) is 69.3 Å². The van der Waals surface area contributed by atoms with Gasteiger partial charge in [-0.05, 0) is 66.5 Å². The number of thiophene rings is 1. The van der Waals surface area contributed by atoms with Crippen LogP contribution < -0.4 is 5.32 Å². The Labute approximate surface area is 219 Å². The van der Waals surface area contributed by atoms with E-state index in [0.29, 0.717) is 21.6 Å². The molecule has 5 nitrogen and oxygen atoms in total. The molecule has 0 spiro atoms. The summed E-state index contributed by atoms with van der Waals surface area (Å²) in [6.45, 7) is 6.82. The van der Waals surface area contributed by atoms with E-state index in [1.165, 1.54) is 16.6 Å². The fraction of sp³-hybridized carbons (Fsp3) is 0.333. The maximum atomic E-state index is 12.7. The zero-order valence-electron chi connectivity index (χ0n) is 20.0. The van der Waals surface area contributed by atoms with Gasteiger partial charge in [0.2, 0.25) is 5.91 Å². The number of rotatable bonds is 6. The highest BCUT2D eigenvalue weighted by Gasteiger charge is 2.32. The van der Waals surface area contributed by atoms with Crippen LogP contribution in [0.4, 0.5) is 10.7 Å². The summed E-state index contributed by atoms with van der Waals surface area (Å²) in [7, 11) is 0. The Balaban J connectivity index is 1.39. The molecular formula is C27H27ClN4OS2. The van der Waals surface area contributed by atoms with E-state index >= 15 is 0 Å². The van der Waals surface area contributed by atoms with Crippen molar-refractivity contribution < 1.29 is 4.79 Å². The lowest BCUT2D eigenvalue weighted by Crippen LogP contribution is -2.26. The van der Waals surface area contributed by atoms with Crippen molar-refractivity contribution in [1.29, 1.82) is 5.26 Å². The van der Waals surface area contributed by atoms with Crippen molar-refractivity contribution in [3.63, 3.8) is 0 Å². The molecule has 0 aliphatic heterocycles. The number of pyridine rings is 1. The first-order valence-electron chi connectivity index (χ1n) is 11.5. The maximum Gasteiger partial charge on any atom is 0.235 e. The molecule has 0 fully saturated rings. The molecule has 2 heterocycles. The van der Waals surface area contributed by atoms with Crippen molar-refractivity contribution in [2.45, 2.75) is 44.9 Å². The molecule has 1 N–H and O–H groups in total. The van der Waals surface area contributed by atoms with Crippen LogP contribution in [0.3, 0.4) is 0 Å². The largest absolute Gasteiger partial charge is 0.316 e. The van der Waals surface area contributed by atoms with Gasteiger partial charge in [-0.2, -0.15) is 5.26 Å². The Kier molecular flexibility index (Phi) is 7.95. The Morgan fingerprint density at radius 3 is 2.94 bits per heavy atom. The van der Waals surface area contributed by atoms with Gasteiger partial charge in [0.05, 0.1) is 17.0 Å². The van der Waals surface area contributed by atoms with Gasteiger partial charge in [-0.3, -0.25) is 9.79 Å². The van der Waals surface area contributed by atoms with Crippen LogP contribution >= 0.6 is 34.7 Å². The normalized spacial score (nSPS) is 15.6. The summed E-state index contributed by atoms with van der Waals surface area (Å²) in [5.74, 6) is 0.719. The van der Waals surface area contributed by atoms with Gasteiger partial charge in [0.15, 0.2) is 0 Å². The van der Waals surface area contributed by atoms with Gasteiger partial charge in [-0.15, -0.1) is 23.1 Å². The predicted molar refractivity (Wildman–Crippen MR) is 146 cm³/mol.